The van der Waals surface area contributed by atoms with Crippen LogP contribution >= 0.6 is 0 Å². The molecule has 0 saturated heterocycles. The van der Waals surface area contributed by atoms with Crippen molar-refractivity contribution in [2.75, 3.05) is 11.9 Å². The number of pyridine rings is 1. The van der Waals surface area contributed by atoms with Crippen LogP contribution in [0, 0.1) is 12.3 Å². The van der Waals surface area contributed by atoms with Gasteiger partial charge in [-0.05, 0) is 36.5 Å². The molecule has 2 aromatic rings. The number of hydrogen-bond acceptors (Lipinski definition) is 3. The summed E-state index contributed by atoms with van der Waals surface area (Å²) in [5.74, 6) is 0.914. The molecule has 0 radical (unpaired) electrons. The van der Waals surface area contributed by atoms with Crippen LogP contribution in [0.5, 0.6) is 0 Å². The number of fused-ring (bicyclic) bond motifs is 1. The van der Waals surface area contributed by atoms with E-state index in [0.29, 0.717) is 0 Å². The van der Waals surface area contributed by atoms with Crippen molar-refractivity contribution in [1.82, 2.24) is 4.98 Å². The van der Waals surface area contributed by atoms with E-state index in [1.165, 1.54) is 0 Å². The Morgan fingerprint density at radius 1 is 1.25 bits per heavy atom. The predicted molar refractivity (Wildman–Crippen MR) is 85.0 cm³/mol. The van der Waals surface area contributed by atoms with Crippen LogP contribution < -0.4 is 5.32 Å². The first-order valence-electron chi connectivity index (χ1n) is 7.15. The lowest BCUT2D eigenvalue weighted by atomic mass is 9.85. The van der Waals surface area contributed by atoms with Gasteiger partial charge in [-0.15, -0.1) is 0 Å². The highest BCUT2D eigenvalue weighted by Crippen LogP contribution is 2.27. The van der Waals surface area contributed by atoms with Gasteiger partial charge < -0.3 is 10.4 Å². The topological polar surface area (TPSA) is 45.2 Å². The maximum absolute atomic E-state index is 9.26. The van der Waals surface area contributed by atoms with Crippen molar-refractivity contribution in [1.29, 1.82) is 0 Å². The highest BCUT2D eigenvalue weighted by atomic mass is 16.3. The molecular formula is C17H24N2O. The Labute approximate surface area is 121 Å². The van der Waals surface area contributed by atoms with Crippen LogP contribution in [0.3, 0.4) is 0 Å². The van der Waals surface area contributed by atoms with Crippen molar-refractivity contribution in [3.8, 4) is 0 Å². The van der Waals surface area contributed by atoms with Crippen LogP contribution in [0.15, 0.2) is 30.3 Å². The molecule has 1 unspecified atom stereocenters. The molecule has 1 aromatic carbocycles. The molecule has 2 rings (SSSR count). The van der Waals surface area contributed by atoms with Crippen LogP contribution in [0.2, 0.25) is 0 Å². The summed E-state index contributed by atoms with van der Waals surface area (Å²) in [6.45, 7) is 8.78. The number of aliphatic hydroxyl groups excluding tert-OH is 1. The van der Waals surface area contributed by atoms with Crippen LogP contribution in [-0.4, -0.2) is 22.7 Å². The van der Waals surface area contributed by atoms with E-state index in [-0.39, 0.29) is 18.1 Å². The van der Waals surface area contributed by atoms with Gasteiger partial charge in [0.2, 0.25) is 0 Å². The number of anilines is 1. The van der Waals surface area contributed by atoms with Crippen LogP contribution in [-0.2, 0) is 0 Å². The number of aryl methyl sites for hydroxylation is 1. The Bertz CT molecular complexity index is 587. The average Bonchev–Trinajstić information content (AvgIpc) is 2.37. The van der Waals surface area contributed by atoms with E-state index >= 15 is 0 Å². The van der Waals surface area contributed by atoms with Gasteiger partial charge in [0.05, 0.1) is 5.52 Å². The number of para-hydroxylation sites is 1. The number of nitrogens with zero attached hydrogens (tertiary/aromatic N) is 1. The first kappa shape index (κ1) is 14.8. The average molecular weight is 272 g/mol. The minimum atomic E-state index is 0.0719. The zero-order valence-electron chi connectivity index (χ0n) is 12.8. The van der Waals surface area contributed by atoms with E-state index in [2.05, 4.69) is 45.1 Å². The maximum atomic E-state index is 9.26. The second kappa shape index (κ2) is 5.80. The number of nitrogens with one attached hydrogen (secondary N) is 1. The highest BCUT2D eigenvalue weighted by molar-refractivity contribution is 5.81. The second-order valence-electron chi connectivity index (χ2n) is 6.42. The van der Waals surface area contributed by atoms with E-state index in [1.807, 2.05) is 18.2 Å². The Kier molecular flexibility index (Phi) is 4.29. The fraction of sp³-hybridized carbons (Fsp3) is 0.471. The van der Waals surface area contributed by atoms with E-state index in [1.54, 1.807) is 0 Å². The van der Waals surface area contributed by atoms with Crippen molar-refractivity contribution in [2.24, 2.45) is 5.41 Å². The van der Waals surface area contributed by atoms with Crippen molar-refractivity contribution in [3.63, 3.8) is 0 Å². The monoisotopic (exact) mass is 272 g/mol. The zero-order chi connectivity index (χ0) is 14.8. The van der Waals surface area contributed by atoms with Crippen molar-refractivity contribution in [2.45, 2.75) is 40.2 Å². The summed E-state index contributed by atoms with van der Waals surface area (Å²) in [5, 5.41) is 13.9. The molecule has 0 bridgehead atoms. The number of benzene rings is 1. The minimum Gasteiger partial charge on any atom is -0.396 e. The largest absolute Gasteiger partial charge is 0.396 e. The molecule has 1 heterocycles. The van der Waals surface area contributed by atoms with Crippen LogP contribution in [0.4, 0.5) is 5.82 Å². The predicted octanol–water partition coefficient (Wildman–Crippen LogP) is 3.75. The third kappa shape index (κ3) is 3.28. The second-order valence-corrected chi connectivity index (χ2v) is 6.42. The van der Waals surface area contributed by atoms with E-state index in [0.717, 1.165) is 28.7 Å². The van der Waals surface area contributed by atoms with Crippen molar-refractivity contribution < 1.29 is 5.11 Å². The first-order valence-corrected chi connectivity index (χ1v) is 7.15. The molecule has 1 aromatic heterocycles. The zero-order valence-corrected chi connectivity index (χ0v) is 12.8. The number of rotatable bonds is 4. The van der Waals surface area contributed by atoms with Gasteiger partial charge in [0.1, 0.15) is 5.82 Å². The van der Waals surface area contributed by atoms with Crippen molar-refractivity contribution >= 4 is 16.7 Å². The molecule has 0 spiro atoms. The standard InChI is InChI=1S/C17H24N2O/c1-12-11-13-7-5-6-8-14(13)18-16(12)19-15(9-10-20)17(2,3)4/h5-8,11,15,20H,9-10H2,1-4H3,(H,18,19). The molecule has 0 aliphatic heterocycles. The van der Waals surface area contributed by atoms with Gasteiger partial charge in [-0.1, -0.05) is 39.0 Å². The molecule has 3 heteroatoms. The SMILES string of the molecule is Cc1cc2ccccc2nc1NC(CCO)C(C)(C)C. The number of aromatic nitrogens is 1. The first-order chi connectivity index (χ1) is 9.41. The molecule has 0 fully saturated rings. The number of hydrogen-bond donors (Lipinski definition) is 2. The van der Waals surface area contributed by atoms with E-state index < -0.39 is 0 Å². The summed E-state index contributed by atoms with van der Waals surface area (Å²) < 4.78 is 0. The van der Waals surface area contributed by atoms with Gasteiger partial charge in [0.25, 0.3) is 0 Å². The molecule has 0 aliphatic carbocycles. The minimum absolute atomic E-state index is 0.0719. The fourth-order valence-corrected chi connectivity index (χ4v) is 2.38. The summed E-state index contributed by atoms with van der Waals surface area (Å²) in [7, 11) is 0. The highest BCUT2D eigenvalue weighted by Gasteiger charge is 2.24. The maximum Gasteiger partial charge on any atom is 0.129 e. The van der Waals surface area contributed by atoms with E-state index in [9.17, 15) is 5.11 Å². The van der Waals surface area contributed by atoms with E-state index in [4.69, 9.17) is 4.98 Å². The molecule has 0 saturated carbocycles. The normalized spacial score (nSPS) is 13.4. The lowest BCUT2D eigenvalue weighted by molar-refractivity contribution is 0.235. The summed E-state index contributed by atoms with van der Waals surface area (Å²) in [4.78, 5) is 4.72. The quantitative estimate of drug-likeness (QED) is 0.891. The summed E-state index contributed by atoms with van der Waals surface area (Å²) in [6, 6.07) is 10.5. The van der Waals surface area contributed by atoms with Gasteiger partial charge in [-0.3, -0.25) is 0 Å². The Morgan fingerprint density at radius 2 is 1.95 bits per heavy atom. The van der Waals surface area contributed by atoms with Gasteiger partial charge in [-0.25, -0.2) is 4.98 Å². The lowest BCUT2D eigenvalue weighted by Gasteiger charge is -2.32. The molecule has 0 amide bonds. The molecule has 0 aliphatic rings. The smallest absolute Gasteiger partial charge is 0.129 e. The van der Waals surface area contributed by atoms with Gasteiger partial charge in [0, 0.05) is 18.0 Å². The van der Waals surface area contributed by atoms with Gasteiger partial charge in [-0.2, -0.15) is 0 Å². The van der Waals surface area contributed by atoms with Crippen molar-refractivity contribution in [3.05, 3.63) is 35.9 Å². The van der Waals surface area contributed by atoms with Crippen LogP contribution in [0.1, 0.15) is 32.8 Å². The fourth-order valence-electron chi connectivity index (χ4n) is 2.38. The summed E-state index contributed by atoms with van der Waals surface area (Å²) in [5.41, 5.74) is 2.20. The molecule has 1 atom stereocenters. The molecular weight excluding hydrogens is 248 g/mol. The Balaban J connectivity index is 2.34. The third-order valence-corrected chi connectivity index (χ3v) is 3.69. The Morgan fingerprint density at radius 3 is 2.60 bits per heavy atom. The number of aliphatic hydroxyl groups is 1. The lowest BCUT2D eigenvalue weighted by Crippen LogP contribution is -2.35. The molecule has 2 N–H and O–H groups in total. The van der Waals surface area contributed by atoms with Gasteiger partial charge in [0.15, 0.2) is 0 Å². The van der Waals surface area contributed by atoms with Gasteiger partial charge >= 0.3 is 0 Å². The third-order valence-electron chi connectivity index (χ3n) is 3.69. The van der Waals surface area contributed by atoms with Crippen LogP contribution in [0.25, 0.3) is 10.9 Å². The Hall–Kier alpha value is -1.61. The summed E-state index contributed by atoms with van der Waals surface area (Å²) in [6.07, 6.45) is 0.720. The molecule has 108 valence electrons. The summed E-state index contributed by atoms with van der Waals surface area (Å²) >= 11 is 0. The molecule has 3 nitrogen and oxygen atoms in total. The molecule has 20 heavy (non-hydrogen) atoms.